The smallest absolute Gasteiger partial charge is 0.272 e. The third-order valence-corrected chi connectivity index (χ3v) is 3.77. The molecule has 8 nitrogen and oxygen atoms in total. The monoisotopic (exact) mass is 297 g/mol. The van der Waals surface area contributed by atoms with Crippen molar-refractivity contribution in [3.05, 3.63) is 42.6 Å². The minimum atomic E-state index is -0.138. The van der Waals surface area contributed by atoms with Crippen LogP contribution in [0.25, 0.3) is 5.52 Å². The summed E-state index contributed by atoms with van der Waals surface area (Å²) in [7, 11) is 1.79. The van der Waals surface area contributed by atoms with Crippen molar-refractivity contribution in [2.45, 2.75) is 6.04 Å². The van der Waals surface area contributed by atoms with Gasteiger partial charge in [-0.25, -0.2) is 9.50 Å². The molecular formula is C14H15N7O. The molecule has 3 aromatic heterocycles. The first-order valence-electron chi connectivity index (χ1n) is 7.04. The van der Waals surface area contributed by atoms with Gasteiger partial charge in [0.25, 0.3) is 5.91 Å². The van der Waals surface area contributed by atoms with E-state index >= 15 is 0 Å². The maximum atomic E-state index is 12.0. The number of amides is 1. The first-order valence-corrected chi connectivity index (χ1v) is 7.04. The average Bonchev–Trinajstić information content (AvgIpc) is 3.10. The number of fused-ring (bicyclic) bond motifs is 1. The van der Waals surface area contributed by atoms with Crippen LogP contribution in [0.4, 0.5) is 5.82 Å². The van der Waals surface area contributed by atoms with Gasteiger partial charge in [-0.3, -0.25) is 9.48 Å². The zero-order valence-electron chi connectivity index (χ0n) is 12.0. The summed E-state index contributed by atoms with van der Waals surface area (Å²) in [6.07, 6.45) is 7.06. The second-order valence-electron chi connectivity index (χ2n) is 5.36. The van der Waals surface area contributed by atoms with E-state index in [1.807, 2.05) is 12.3 Å². The highest BCUT2D eigenvalue weighted by Gasteiger charge is 2.30. The molecule has 3 aromatic rings. The van der Waals surface area contributed by atoms with Gasteiger partial charge in [0.05, 0.1) is 12.2 Å². The summed E-state index contributed by atoms with van der Waals surface area (Å²) < 4.78 is 3.41. The Morgan fingerprint density at radius 2 is 2.14 bits per heavy atom. The summed E-state index contributed by atoms with van der Waals surface area (Å²) in [5, 5.41) is 11.3. The summed E-state index contributed by atoms with van der Waals surface area (Å²) >= 11 is 0. The highest BCUT2D eigenvalue weighted by molar-refractivity contribution is 5.92. The van der Waals surface area contributed by atoms with Crippen molar-refractivity contribution in [3.8, 4) is 0 Å². The summed E-state index contributed by atoms with van der Waals surface area (Å²) in [6.45, 7) is 1.47. The van der Waals surface area contributed by atoms with E-state index in [4.69, 9.17) is 0 Å². The number of rotatable bonds is 3. The van der Waals surface area contributed by atoms with Crippen molar-refractivity contribution >= 4 is 17.2 Å². The third-order valence-electron chi connectivity index (χ3n) is 3.77. The Morgan fingerprint density at radius 3 is 2.91 bits per heavy atom. The summed E-state index contributed by atoms with van der Waals surface area (Å²) in [5.41, 5.74) is 1.41. The molecule has 0 atom stereocenters. The van der Waals surface area contributed by atoms with Gasteiger partial charge in [0, 0.05) is 38.7 Å². The fourth-order valence-corrected chi connectivity index (χ4v) is 2.63. The van der Waals surface area contributed by atoms with Gasteiger partial charge in [-0.05, 0) is 12.1 Å². The first-order chi connectivity index (χ1) is 10.7. The highest BCUT2D eigenvalue weighted by atomic mass is 16.2. The highest BCUT2D eigenvalue weighted by Crippen LogP contribution is 2.23. The zero-order chi connectivity index (χ0) is 15.1. The van der Waals surface area contributed by atoms with Crippen LogP contribution >= 0.6 is 0 Å². The van der Waals surface area contributed by atoms with E-state index in [2.05, 4.69) is 25.4 Å². The molecule has 1 aliphatic rings. The van der Waals surface area contributed by atoms with E-state index in [9.17, 15) is 4.79 Å². The van der Waals surface area contributed by atoms with Crippen molar-refractivity contribution in [1.29, 1.82) is 0 Å². The molecule has 0 aliphatic carbocycles. The van der Waals surface area contributed by atoms with E-state index in [-0.39, 0.29) is 11.9 Å². The van der Waals surface area contributed by atoms with E-state index < -0.39 is 0 Å². The molecule has 0 spiro atoms. The van der Waals surface area contributed by atoms with Crippen LogP contribution in [0.15, 0.2) is 36.9 Å². The first kappa shape index (κ1) is 12.8. The quantitative estimate of drug-likeness (QED) is 0.740. The average molecular weight is 297 g/mol. The number of aryl methyl sites for hydroxylation is 1. The Hall–Kier alpha value is -2.90. The topological polar surface area (TPSA) is 80.4 Å². The van der Waals surface area contributed by atoms with Crippen LogP contribution in [0.2, 0.25) is 0 Å². The fourth-order valence-electron chi connectivity index (χ4n) is 2.63. The number of aromatic nitrogens is 5. The molecule has 0 aromatic carbocycles. The number of carbonyl (C=O) groups is 1. The predicted octanol–water partition coefficient (Wildman–Crippen LogP) is 0.0814. The summed E-state index contributed by atoms with van der Waals surface area (Å²) in [4.78, 5) is 18.6. The molecule has 22 heavy (non-hydrogen) atoms. The van der Waals surface area contributed by atoms with Gasteiger partial charge in [-0.1, -0.05) is 0 Å². The third kappa shape index (κ3) is 2.09. The van der Waals surface area contributed by atoms with Crippen LogP contribution in [0, 0.1) is 0 Å². The van der Waals surface area contributed by atoms with Crippen molar-refractivity contribution < 1.29 is 4.79 Å². The summed E-state index contributed by atoms with van der Waals surface area (Å²) in [6, 6.07) is 3.75. The predicted molar refractivity (Wildman–Crippen MR) is 79.7 cm³/mol. The van der Waals surface area contributed by atoms with Gasteiger partial charge in [-0.2, -0.15) is 10.2 Å². The lowest BCUT2D eigenvalue weighted by molar-refractivity contribution is 0.0924. The van der Waals surface area contributed by atoms with Crippen LogP contribution in [-0.2, 0) is 7.05 Å². The Kier molecular flexibility index (Phi) is 2.81. The van der Waals surface area contributed by atoms with Crippen molar-refractivity contribution in [2.75, 3.05) is 18.0 Å². The summed E-state index contributed by atoms with van der Waals surface area (Å²) in [5.74, 6) is 0.754. The number of nitrogens with one attached hydrogen (secondary N) is 1. The number of carbonyl (C=O) groups excluding carboxylic acids is 1. The molecule has 4 rings (SSSR count). The normalized spacial score (nSPS) is 15.0. The van der Waals surface area contributed by atoms with Crippen molar-refractivity contribution in [2.24, 2.45) is 7.05 Å². The molecule has 0 radical (unpaired) electrons. The minimum Gasteiger partial charge on any atom is -0.351 e. The second-order valence-corrected chi connectivity index (χ2v) is 5.36. The Morgan fingerprint density at radius 1 is 1.27 bits per heavy atom. The lowest BCUT2D eigenvalue weighted by Crippen LogP contribution is -2.59. The molecule has 8 heteroatoms. The maximum Gasteiger partial charge on any atom is 0.272 e. The van der Waals surface area contributed by atoms with Gasteiger partial charge in [0.1, 0.15) is 11.2 Å². The minimum absolute atomic E-state index is 0.111. The number of nitrogens with zero attached hydrogens (tertiary/aromatic N) is 6. The molecule has 0 unspecified atom stereocenters. The molecule has 1 aliphatic heterocycles. The van der Waals surface area contributed by atoms with Gasteiger partial charge in [-0.15, -0.1) is 0 Å². The van der Waals surface area contributed by atoms with Gasteiger partial charge in [0.2, 0.25) is 0 Å². The molecule has 1 fully saturated rings. The second kappa shape index (κ2) is 4.83. The van der Waals surface area contributed by atoms with Gasteiger partial charge < -0.3 is 10.2 Å². The lowest BCUT2D eigenvalue weighted by Gasteiger charge is -2.40. The molecule has 0 saturated carbocycles. The molecule has 4 heterocycles. The maximum absolute atomic E-state index is 12.0. The zero-order valence-corrected chi connectivity index (χ0v) is 12.0. The molecule has 112 valence electrons. The SMILES string of the molecule is Cn1ccc(C(=O)NC2CN(c3nccn4nccc34)C2)n1. The molecule has 1 saturated heterocycles. The van der Waals surface area contributed by atoms with E-state index in [1.54, 1.807) is 40.9 Å². The molecule has 1 N–H and O–H groups in total. The Bertz CT molecular complexity index is 830. The van der Waals surface area contributed by atoms with Crippen LogP contribution in [0.5, 0.6) is 0 Å². The van der Waals surface area contributed by atoms with Gasteiger partial charge >= 0.3 is 0 Å². The largest absolute Gasteiger partial charge is 0.351 e. The van der Waals surface area contributed by atoms with E-state index in [0.29, 0.717) is 5.69 Å². The van der Waals surface area contributed by atoms with Crippen LogP contribution in [-0.4, -0.2) is 49.4 Å². The number of anilines is 1. The van der Waals surface area contributed by atoms with Crippen LogP contribution in [0.1, 0.15) is 10.5 Å². The number of hydrogen-bond acceptors (Lipinski definition) is 5. The van der Waals surface area contributed by atoms with Crippen molar-refractivity contribution in [3.63, 3.8) is 0 Å². The molecule has 0 bridgehead atoms. The van der Waals surface area contributed by atoms with Crippen LogP contribution < -0.4 is 10.2 Å². The van der Waals surface area contributed by atoms with Crippen LogP contribution in [0.3, 0.4) is 0 Å². The fraction of sp³-hybridized carbons (Fsp3) is 0.286. The lowest BCUT2D eigenvalue weighted by atomic mass is 10.1. The molecular weight excluding hydrogens is 282 g/mol. The van der Waals surface area contributed by atoms with E-state index in [1.165, 1.54) is 0 Å². The van der Waals surface area contributed by atoms with E-state index in [0.717, 1.165) is 24.4 Å². The molecule has 1 amide bonds. The standard InChI is InChI=1S/C14H15N7O/c1-19-6-3-11(18-19)14(22)17-10-8-20(9-10)13-12-2-4-16-21(12)7-5-15-13/h2-7,10H,8-9H2,1H3,(H,17,22). The Labute approximate surface area is 126 Å². The Balaban J connectivity index is 1.42. The van der Waals surface area contributed by atoms with Gasteiger partial charge in [0.15, 0.2) is 5.82 Å². The van der Waals surface area contributed by atoms with Crippen molar-refractivity contribution in [1.82, 2.24) is 29.7 Å². The number of hydrogen-bond donors (Lipinski definition) is 1.